The maximum absolute atomic E-state index is 12.3. The van der Waals surface area contributed by atoms with Gasteiger partial charge < -0.3 is 10.2 Å². The summed E-state index contributed by atoms with van der Waals surface area (Å²) in [6.45, 7) is 5.83. The number of benzene rings is 1. The van der Waals surface area contributed by atoms with Gasteiger partial charge in [0, 0.05) is 31.4 Å². The molecular formula is C16H22N4O. The van der Waals surface area contributed by atoms with Crippen LogP contribution >= 0.6 is 0 Å². The molecule has 0 unspecified atom stereocenters. The van der Waals surface area contributed by atoms with Gasteiger partial charge in [0.2, 0.25) is 0 Å². The van der Waals surface area contributed by atoms with Gasteiger partial charge >= 0.3 is 6.03 Å². The van der Waals surface area contributed by atoms with E-state index in [0.29, 0.717) is 0 Å². The van der Waals surface area contributed by atoms with Crippen molar-refractivity contribution in [1.29, 1.82) is 0 Å². The molecule has 5 heteroatoms. The number of hydrogen-bond donors (Lipinski definition) is 1. The summed E-state index contributed by atoms with van der Waals surface area (Å²) in [5.74, 6) is 0.769. The number of amides is 1. The van der Waals surface area contributed by atoms with Crippen LogP contribution in [0.5, 0.6) is 0 Å². The Morgan fingerprint density at radius 1 is 1.19 bits per heavy atom. The third-order valence-corrected chi connectivity index (χ3v) is 2.89. The number of carbonyl (C=O) groups excluding carboxylic acids is 1. The van der Waals surface area contributed by atoms with E-state index in [-0.39, 0.29) is 11.6 Å². The van der Waals surface area contributed by atoms with Crippen molar-refractivity contribution in [2.75, 3.05) is 19.0 Å². The summed E-state index contributed by atoms with van der Waals surface area (Å²) in [7, 11) is 3.83. The first-order valence-electron chi connectivity index (χ1n) is 6.93. The van der Waals surface area contributed by atoms with E-state index in [2.05, 4.69) is 10.4 Å². The Morgan fingerprint density at radius 3 is 2.33 bits per heavy atom. The lowest BCUT2D eigenvalue weighted by Crippen LogP contribution is -2.43. The zero-order chi connectivity index (χ0) is 15.6. The summed E-state index contributed by atoms with van der Waals surface area (Å²) in [6, 6.07) is 9.71. The smallest absolute Gasteiger partial charge is 0.342 e. The van der Waals surface area contributed by atoms with Crippen molar-refractivity contribution < 1.29 is 4.79 Å². The van der Waals surface area contributed by atoms with Crippen LogP contribution < -0.4 is 10.2 Å². The van der Waals surface area contributed by atoms with Crippen LogP contribution in [0.2, 0.25) is 0 Å². The Kier molecular flexibility index (Phi) is 4.02. The van der Waals surface area contributed by atoms with Gasteiger partial charge in [-0.25, -0.2) is 4.79 Å². The minimum atomic E-state index is -0.297. The predicted molar refractivity (Wildman–Crippen MR) is 85.7 cm³/mol. The van der Waals surface area contributed by atoms with Gasteiger partial charge in [0.05, 0.1) is 0 Å². The van der Waals surface area contributed by atoms with Crippen molar-refractivity contribution in [3.8, 4) is 11.1 Å². The molecule has 0 aliphatic carbocycles. The highest BCUT2D eigenvalue weighted by Crippen LogP contribution is 2.28. The van der Waals surface area contributed by atoms with Gasteiger partial charge in [-0.1, -0.05) is 30.3 Å². The van der Waals surface area contributed by atoms with E-state index >= 15 is 0 Å². The Hall–Kier alpha value is -2.30. The Bertz CT molecular complexity index is 623. The maximum Gasteiger partial charge on any atom is 0.342 e. The number of carbonyl (C=O) groups is 1. The molecule has 1 aromatic heterocycles. The van der Waals surface area contributed by atoms with Gasteiger partial charge in [0.15, 0.2) is 5.82 Å². The monoisotopic (exact) mass is 286 g/mol. The zero-order valence-electron chi connectivity index (χ0n) is 13.2. The average Bonchev–Trinajstić information content (AvgIpc) is 2.83. The van der Waals surface area contributed by atoms with Crippen LogP contribution in [0.25, 0.3) is 11.1 Å². The van der Waals surface area contributed by atoms with E-state index in [1.54, 1.807) is 6.20 Å². The van der Waals surface area contributed by atoms with Crippen molar-refractivity contribution in [2.45, 2.75) is 26.3 Å². The molecule has 0 aliphatic rings. The van der Waals surface area contributed by atoms with Gasteiger partial charge in [-0.3, -0.25) is 0 Å². The van der Waals surface area contributed by atoms with E-state index in [1.165, 1.54) is 4.68 Å². The van der Waals surface area contributed by atoms with Gasteiger partial charge in [0.25, 0.3) is 0 Å². The Morgan fingerprint density at radius 2 is 1.81 bits per heavy atom. The molecule has 2 aromatic rings. The van der Waals surface area contributed by atoms with Gasteiger partial charge in [0.1, 0.15) is 0 Å². The largest absolute Gasteiger partial charge is 0.361 e. The fraction of sp³-hybridized carbons (Fsp3) is 0.375. The third kappa shape index (κ3) is 3.62. The molecule has 0 radical (unpaired) electrons. The van der Waals surface area contributed by atoms with E-state index < -0.39 is 0 Å². The summed E-state index contributed by atoms with van der Waals surface area (Å²) in [4.78, 5) is 14.2. The molecule has 21 heavy (non-hydrogen) atoms. The molecular weight excluding hydrogens is 264 g/mol. The van der Waals surface area contributed by atoms with E-state index in [4.69, 9.17) is 0 Å². The Balaban J connectivity index is 2.41. The van der Waals surface area contributed by atoms with Gasteiger partial charge in [-0.15, -0.1) is 5.10 Å². The van der Waals surface area contributed by atoms with Crippen molar-refractivity contribution >= 4 is 11.8 Å². The van der Waals surface area contributed by atoms with E-state index in [1.807, 2.05) is 70.1 Å². The lowest BCUT2D eigenvalue weighted by molar-refractivity contribution is 0.230. The van der Waals surface area contributed by atoms with Crippen molar-refractivity contribution in [3.05, 3.63) is 36.5 Å². The first kappa shape index (κ1) is 15.1. The molecule has 1 aromatic carbocycles. The summed E-state index contributed by atoms with van der Waals surface area (Å²) in [6.07, 6.45) is 1.77. The minimum absolute atomic E-state index is 0.229. The van der Waals surface area contributed by atoms with Crippen LogP contribution in [0, 0.1) is 0 Å². The van der Waals surface area contributed by atoms with Crippen LogP contribution in [0.1, 0.15) is 20.8 Å². The van der Waals surface area contributed by atoms with Crippen LogP contribution in [0.15, 0.2) is 36.5 Å². The fourth-order valence-electron chi connectivity index (χ4n) is 2.00. The summed E-state index contributed by atoms with van der Waals surface area (Å²) in [5, 5.41) is 7.31. The summed E-state index contributed by atoms with van der Waals surface area (Å²) in [5.41, 5.74) is 1.68. The zero-order valence-corrected chi connectivity index (χ0v) is 13.2. The molecule has 1 amide bonds. The topological polar surface area (TPSA) is 50.2 Å². The van der Waals surface area contributed by atoms with E-state index in [0.717, 1.165) is 16.9 Å². The molecule has 0 saturated heterocycles. The molecule has 0 aliphatic heterocycles. The SMILES string of the molecule is CN(C)c1nn(C(=O)NC(C)(C)C)cc1-c1ccccc1. The van der Waals surface area contributed by atoms with Gasteiger partial charge in [-0.2, -0.15) is 4.68 Å². The number of nitrogens with zero attached hydrogens (tertiary/aromatic N) is 3. The molecule has 0 fully saturated rings. The maximum atomic E-state index is 12.3. The second kappa shape index (κ2) is 5.60. The normalized spacial score (nSPS) is 11.3. The lowest BCUT2D eigenvalue weighted by Gasteiger charge is -2.19. The molecule has 0 saturated carbocycles. The highest BCUT2D eigenvalue weighted by Gasteiger charge is 2.19. The first-order valence-corrected chi connectivity index (χ1v) is 6.93. The van der Waals surface area contributed by atoms with Crippen LogP contribution in [-0.4, -0.2) is 35.4 Å². The number of anilines is 1. The molecule has 112 valence electrons. The summed E-state index contributed by atoms with van der Waals surface area (Å²) >= 11 is 0. The van der Waals surface area contributed by atoms with Gasteiger partial charge in [-0.05, 0) is 26.3 Å². The molecule has 2 rings (SSSR count). The number of aromatic nitrogens is 2. The first-order chi connectivity index (χ1) is 9.78. The second-order valence-electron chi connectivity index (χ2n) is 6.25. The van der Waals surface area contributed by atoms with E-state index in [9.17, 15) is 4.79 Å². The second-order valence-corrected chi connectivity index (χ2v) is 6.25. The highest BCUT2D eigenvalue weighted by molar-refractivity contribution is 5.82. The third-order valence-electron chi connectivity index (χ3n) is 2.89. The number of hydrogen-bond acceptors (Lipinski definition) is 3. The molecule has 1 N–H and O–H groups in total. The highest BCUT2D eigenvalue weighted by atomic mass is 16.2. The lowest BCUT2D eigenvalue weighted by atomic mass is 10.1. The number of rotatable bonds is 2. The average molecular weight is 286 g/mol. The van der Waals surface area contributed by atoms with Crippen molar-refractivity contribution in [2.24, 2.45) is 0 Å². The molecule has 1 heterocycles. The quantitative estimate of drug-likeness (QED) is 0.923. The molecule has 5 nitrogen and oxygen atoms in total. The number of nitrogens with one attached hydrogen (secondary N) is 1. The summed E-state index contributed by atoms with van der Waals surface area (Å²) < 4.78 is 1.36. The predicted octanol–water partition coefficient (Wildman–Crippen LogP) is 2.97. The van der Waals surface area contributed by atoms with Crippen molar-refractivity contribution in [3.63, 3.8) is 0 Å². The van der Waals surface area contributed by atoms with Crippen LogP contribution in [0.4, 0.5) is 10.6 Å². The molecule has 0 spiro atoms. The fourth-order valence-corrected chi connectivity index (χ4v) is 2.00. The van der Waals surface area contributed by atoms with Crippen molar-refractivity contribution in [1.82, 2.24) is 15.1 Å². The minimum Gasteiger partial charge on any atom is -0.361 e. The van der Waals surface area contributed by atoms with Crippen LogP contribution in [0.3, 0.4) is 0 Å². The Labute approximate surface area is 125 Å². The molecule has 0 bridgehead atoms. The standard InChI is InChI=1S/C16H22N4O/c1-16(2,3)17-15(21)20-11-13(14(18-20)19(4)5)12-9-7-6-8-10-12/h6-11H,1-5H3,(H,17,21). The van der Waals surface area contributed by atoms with Crippen LogP contribution in [-0.2, 0) is 0 Å². The molecule has 0 atom stereocenters.